The smallest absolute Gasteiger partial charge is 0.317 e. The molecule has 1 saturated carbocycles. The van der Waals surface area contributed by atoms with Crippen LogP contribution in [0, 0.1) is 5.82 Å². The summed E-state index contributed by atoms with van der Waals surface area (Å²) < 4.78 is 13.0. The molecule has 1 atom stereocenters. The third-order valence-corrected chi connectivity index (χ3v) is 4.23. The quantitative estimate of drug-likeness (QED) is 0.875. The molecule has 1 unspecified atom stereocenters. The Bertz CT molecular complexity index is 484. The summed E-state index contributed by atoms with van der Waals surface area (Å²) in [5, 5.41) is 12.2. The molecular formula is C16H23FN2O2. The zero-order valence-electron chi connectivity index (χ0n) is 12.6. The number of carbonyl (C=O) groups excluding carboxylic acids is 1. The van der Waals surface area contributed by atoms with Gasteiger partial charge in [0.2, 0.25) is 0 Å². The van der Waals surface area contributed by atoms with Gasteiger partial charge < -0.3 is 15.3 Å². The molecule has 2 rings (SSSR count). The lowest BCUT2D eigenvalue weighted by Gasteiger charge is -2.43. The first-order valence-corrected chi connectivity index (χ1v) is 7.36. The molecule has 116 valence electrons. The lowest BCUT2D eigenvalue weighted by Crippen LogP contribution is -2.49. The Morgan fingerprint density at radius 2 is 2.05 bits per heavy atom. The molecule has 0 radical (unpaired) electrons. The molecule has 0 saturated heterocycles. The molecule has 1 aromatic carbocycles. The molecule has 0 spiro atoms. The summed E-state index contributed by atoms with van der Waals surface area (Å²) in [6.45, 7) is 2.49. The molecule has 5 heteroatoms. The maximum Gasteiger partial charge on any atom is 0.317 e. The number of nitrogens with one attached hydrogen (secondary N) is 1. The van der Waals surface area contributed by atoms with E-state index in [0.717, 1.165) is 24.8 Å². The van der Waals surface area contributed by atoms with Gasteiger partial charge in [-0.1, -0.05) is 18.6 Å². The van der Waals surface area contributed by atoms with Gasteiger partial charge in [0.1, 0.15) is 5.82 Å². The fourth-order valence-corrected chi connectivity index (χ4v) is 2.83. The topological polar surface area (TPSA) is 52.6 Å². The van der Waals surface area contributed by atoms with Crippen molar-refractivity contribution >= 4 is 6.03 Å². The predicted octanol–water partition coefficient (Wildman–Crippen LogP) is 2.27. The average molecular weight is 294 g/mol. The van der Waals surface area contributed by atoms with Gasteiger partial charge in [0.25, 0.3) is 0 Å². The number of aliphatic hydroxyl groups excluding tert-OH is 1. The van der Waals surface area contributed by atoms with E-state index in [4.69, 9.17) is 0 Å². The first-order chi connectivity index (χ1) is 9.93. The number of hydrogen-bond acceptors (Lipinski definition) is 2. The second-order valence-corrected chi connectivity index (χ2v) is 6.03. The zero-order valence-corrected chi connectivity index (χ0v) is 12.6. The third kappa shape index (κ3) is 3.73. The molecule has 0 heterocycles. The monoisotopic (exact) mass is 294 g/mol. The van der Waals surface area contributed by atoms with Crippen LogP contribution in [0.15, 0.2) is 24.3 Å². The van der Waals surface area contributed by atoms with Crippen LogP contribution in [-0.2, 0) is 5.41 Å². The average Bonchev–Trinajstić information content (AvgIpc) is 2.38. The maximum absolute atomic E-state index is 13.0. The number of carbonyl (C=O) groups is 1. The number of halogens is 1. The SMILES string of the molecule is CC(O)CN(C)C(=O)NCC1(c2ccc(F)cc2)CCC1. The molecule has 1 aromatic rings. The van der Waals surface area contributed by atoms with Crippen molar-refractivity contribution in [1.82, 2.24) is 10.2 Å². The van der Waals surface area contributed by atoms with Crippen molar-refractivity contribution in [3.8, 4) is 0 Å². The summed E-state index contributed by atoms with van der Waals surface area (Å²) in [6, 6.07) is 6.36. The van der Waals surface area contributed by atoms with Crippen LogP contribution in [0.5, 0.6) is 0 Å². The van der Waals surface area contributed by atoms with E-state index in [1.807, 2.05) is 0 Å². The Morgan fingerprint density at radius 3 is 2.52 bits per heavy atom. The number of hydrogen-bond donors (Lipinski definition) is 2. The van der Waals surface area contributed by atoms with Gasteiger partial charge in [0.15, 0.2) is 0 Å². The van der Waals surface area contributed by atoms with Gasteiger partial charge in [-0.05, 0) is 37.5 Å². The molecule has 21 heavy (non-hydrogen) atoms. The number of aliphatic hydroxyl groups is 1. The van der Waals surface area contributed by atoms with Crippen molar-refractivity contribution in [3.63, 3.8) is 0 Å². The fourth-order valence-electron chi connectivity index (χ4n) is 2.83. The highest BCUT2D eigenvalue weighted by Crippen LogP contribution is 2.43. The van der Waals surface area contributed by atoms with Gasteiger partial charge in [-0.3, -0.25) is 0 Å². The van der Waals surface area contributed by atoms with Crippen LogP contribution in [0.25, 0.3) is 0 Å². The highest BCUT2D eigenvalue weighted by Gasteiger charge is 2.39. The van der Waals surface area contributed by atoms with E-state index in [2.05, 4.69) is 5.32 Å². The minimum absolute atomic E-state index is 0.0744. The number of nitrogens with zero attached hydrogens (tertiary/aromatic N) is 1. The Kier molecular flexibility index (Phi) is 4.83. The van der Waals surface area contributed by atoms with Crippen molar-refractivity contribution in [2.45, 2.75) is 37.7 Å². The van der Waals surface area contributed by atoms with Crippen LogP contribution in [-0.4, -0.2) is 42.3 Å². The number of urea groups is 1. The second-order valence-electron chi connectivity index (χ2n) is 6.03. The highest BCUT2D eigenvalue weighted by molar-refractivity contribution is 5.74. The van der Waals surface area contributed by atoms with Crippen LogP contribution >= 0.6 is 0 Å². The molecule has 0 aliphatic heterocycles. The van der Waals surface area contributed by atoms with Crippen LogP contribution in [0.2, 0.25) is 0 Å². The molecule has 2 N–H and O–H groups in total. The Balaban J connectivity index is 1.96. The van der Waals surface area contributed by atoms with Gasteiger partial charge in [0.05, 0.1) is 6.10 Å². The molecular weight excluding hydrogens is 271 g/mol. The maximum atomic E-state index is 13.0. The van der Waals surface area contributed by atoms with Crippen molar-refractivity contribution in [2.24, 2.45) is 0 Å². The molecule has 1 fully saturated rings. The summed E-state index contributed by atoms with van der Waals surface area (Å²) in [5.41, 5.74) is 1.00. The van der Waals surface area contributed by atoms with E-state index in [1.54, 1.807) is 26.1 Å². The largest absolute Gasteiger partial charge is 0.392 e. The molecule has 1 aliphatic carbocycles. The minimum Gasteiger partial charge on any atom is -0.392 e. The Morgan fingerprint density at radius 1 is 1.43 bits per heavy atom. The predicted molar refractivity (Wildman–Crippen MR) is 79.6 cm³/mol. The zero-order chi connectivity index (χ0) is 15.5. The lowest BCUT2D eigenvalue weighted by molar-refractivity contribution is 0.140. The molecule has 0 bridgehead atoms. The summed E-state index contributed by atoms with van der Waals surface area (Å²) in [7, 11) is 1.66. The van der Waals surface area contributed by atoms with Gasteiger partial charge in [0, 0.05) is 25.6 Å². The van der Waals surface area contributed by atoms with Crippen molar-refractivity contribution in [2.75, 3.05) is 20.1 Å². The van der Waals surface area contributed by atoms with Gasteiger partial charge in [-0.25, -0.2) is 9.18 Å². The van der Waals surface area contributed by atoms with Crippen molar-refractivity contribution < 1.29 is 14.3 Å². The Labute approximate surface area is 125 Å². The Hall–Kier alpha value is -1.62. The van der Waals surface area contributed by atoms with Crippen LogP contribution in [0.4, 0.5) is 9.18 Å². The van der Waals surface area contributed by atoms with Crippen LogP contribution < -0.4 is 5.32 Å². The van der Waals surface area contributed by atoms with Gasteiger partial charge in [-0.15, -0.1) is 0 Å². The summed E-state index contributed by atoms with van der Waals surface area (Å²) in [6.07, 6.45) is 2.57. The third-order valence-electron chi connectivity index (χ3n) is 4.23. The standard InChI is InChI=1S/C16H23FN2O2/c1-12(20)10-19(2)15(21)18-11-16(8-3-9-16)13-4-6-14(17)7-5-13/h4-7,12,20H,3,8-11H2,1-2H3,(H,18,21). The van der Waals surface area contributed by atoms with Crippen LogP contribution in [0.3, 0.4) is 0 Å². The van der Waals surface area contributed by atoms with E-state index < -0.39 is 6.10 Å². The second kappa shape index (κ2) is 6.43. The van der Waals surface area contributed by atoms with E-state index in [1.165, 1.54) is 17.0 Å². The minimum atomic E-state index is -0.546. The van der Waals surface area contributed by atoms with Crippen molar-refractivity contribution in [3.05, 3.63) is 35.6 Å². The van der Waals surface area contributed by atoms with E-state index in [0.29, 0.717) is 13.1 Å². The summed E-state index contributed by atoms with van der Waals surface area (Å²) in [4.78, 5) is 13.5. The van der Waals surface area contributed by atoms with Gasteiger partial charge in [-0.2, -0.15) is 0 Å². The van der Waals surface area contributed by atoms with Crippen molar-refractivity contribution in [1.29, 1.82) is 0 Å². The molecule has 1 aliphatic rings. The number of likely N-dealkylation sites (N-methyl/N-ethyl adjacent to an activating group) is 1. The molecule has 0 aromatic heterocycles. The number of rotatable bonds is 5. The fraction of sp³-hybridized carbons (Fsp3) is 0.562. The summed E-state index contributed by atoms with van der Waals surface area (Å²) in [5.74, 6) is -0.242. The van der Waals surface area contributed by atoms with E-state index >= 15 is 0 Å². The molecule has 4 nitrogen and oxygen atoms in total. The van der Waals surface area contributed by atoms with E-state index in [-0.39, 0.29) is 17.3 Å². The number of benzene rings is 1. The highest BCUT2D eigenvalue weighted by atomic mass is 19.1. The molecule has 2 amide bonds. The normalized spacial score (nSPS) is 17.7. The van der Waals surface area contributed by atoms with Gasteiger partial charge >= 0.3 is 6.03 Å². The van der Waals surface area contributed by atoms with Crippen LogP contribution in [0.1, 0.15) is 31.7 Å². The first kappa shape index (κ1) is 15.8. The van der Waals surface area contributed by atoms with E-state index in [9.17, 15) is 14.3 Å². The first-order valence-electron chi connectivity index (χ1n) is 7.36. The lowest BCUT2D eigenvalue weighted by atomic mass is 9.64. The number of amides is 2. The summed E-state index contributed by atoms with van der Waals surface area (Å²) >= 11 is 0.